The van der Waals surface area contributed by atoms with Gasteiger partial charge >= 0.3 is 0 Å². The van der Waals surface area contributed by atoms with Crippen LogP contribution >= 0.6 is 0 Å². The maximum atomic E-state index is 12.0. The van der Waals surface area contributed by atoms with E-state index in [2.05, 4.69) is 19.1 Å². The molecule has 0 heterocycles. The molecule has 0 atom stereocenters. The zero-order valence-electron chi connectivity index (χ0n) is 10.6. The quantitative estimate of drug-likeness (QED) is 0.705. The van der Waals surface area contributed by atoms with Gasteiger partial charge < -0.3 is 0 Å². The molecule has 1 aromatic rings. The fraction of sp³-hybridized carbons (Fsp3) is 0.562. The van der Waals surface area contributed by atoms with Crippen molar-refractivity contribution in [3.8, 4) is 0 Å². The van der Waals surface area contributed by atoms with E-state index in [0.717, 1.165) is 30.7 Å². The highest BCUT2D eigenvalue weighted by Crippen LogP contribution is 2.39. The van der Waals surface area contributed by atoms with E-state index in [9.17, 15) is 4.79 Å². The molecule has 1 aromatic carbocycles. The third-order valence-corrected chi connectivity index (χ3v) is 4.35. The predicted octanol–water partition coefficient (Wildman–Crippen LogP) is 4.17. The topological polar surface area (TPSA) is 17.1 Å². The van der Waals surface area contributed by atoms with Gasteiger partial charge in [0, 0.05) is 12.0 Å². The second-order valence-corrected chi connectivity index (χ2v) is 5.64. The molecule has 3 rings (SSSR count). The number of Topliss-reactive ketones (excluding diaryl/α,β-unsaturated/α-hetero) is 1. The predicted molar refractivity (Wildman–Crippen MR) is 69.7 cm³/mol. The third kappa shape index (κ3) is 1.92. The van der Waals surface area contributed by atoms with Crippen molar-refractivity contribution in [1.29, 1.82) is 0 Å². The van der Waals surface area contributed by atoms with E-state index in [1.807, 2.05) is 0 Å². The molecular weight excluding hydrogens is 208 g/mol. The minimum Gasteiger partial charge on any atom is -0.294 e. The molecule has 17 heavy (non-hydrogen) atoms. The molecule has 1 saturated carbocycles. The summed E-state index contributed by atoms with van der Waals surface area (Å²) in [5, 5.41) is 0. The molecule has 0 spiro atoms. The first-order valence-electron chi connectivity index (χ1n) is 6.92. The lowest BCUT2D eigenvalue weighted by Crippen LogP contribution is -2.14. The van der Waals surface area contributed by atoms with Crippen molar-refractivity contribution in [1.82, 2.24) is 0 Å². The Morgan fingerprint density at radius 1 is 1.06 bits per heavy atom. The number of rotatable bonds is 1. The Kier molecular flexibility index (Phi) is 2.78. The zero-order chi connectivity index (χ0) is 11.8. The van der Waals surface area contributed by atoms with E-state index >= 15 is 0 Å². The Bertz CT molecular complexity index is 453. The number of ketones is 1. The Morgan fingerprint density at radius 2 is 1.82 bits per heavy atom. The van der Waals surface area contributed by atoms with Crippen molar-refractivity contribution in [2.75, 3.05) is 0 Å². The summed E-state index contributed by atoms with van der Waals surface area (Å²) in [4.78, 5) is 12.0. The largest absolute Gasteiger partial charge is 0.294 e. The van der Waals surface area contributed by atoms with Crippen LogP contribution in [0.3, 0.4) is 0 Å². The molecule has 2 aliphatic rings. The molecular formula is C16H20O. The number of benzene rings is 1. The van der Waals surface area contributed by atoms with Gasteiger partial charge in [0.25, 0.3) is 0 Å². The highest BCUT2D eigenvalue weighted by molar-refractivity contribution is 5.99. The van der Waals surface area contributed by atoms with Gasteiger partial charge in [-0.05, 0) is 55.7 Å². The zero-order valence-corrected chi connectivity index (χ0v) is 10.6. The van der Waals surface area contributed by atoms with Gasteiger partial charge in [-0.15, -0.1) is 0 Å². The van der Waals surface area contributed by atoms with Crippen molar-refractivity contribution >= 4 is 5.78 Å². The summed E-state index contributed by atoms with van der Waals surface area (Å²) in [7, 11) is 0. The normalized spacial score (nSPS) is 20.6. The molecule has 2 aliphatic carbocycles. The van der Waals surface area contributed by atoms with Gasteiger partial charge in [-0.25, -0.2) is 0 Å². The minimum atomic E-state index is 0.370. The molecule has 1 fully saturated rings. The van der Waals surface area contributed by atoms with Crippen LogP contribution in [0.25, 0.3) is 0 Å². The van der Waals surface area contributed by atoms with Crippen LogP contribution in [0.1, 0.15) is 71.5 Å². The summed E-state index contributed by atoms with van der Waals surface area (Å²) in [6, 6.07) is 4.45. The standard InChI is InChI=1S/C16H20O/c1-11-9-14(12-5-2-3-6-12)13-7-4-8-16(17)15(13)10-11/h9-10,12H,2-8H2,1H3. The van der Waals surface area contributed by atoms with Gasteiger partial charge in [-0.3, -0.25) is 4.79 Å². The lowest BCUT2D eigenvalue weighted by atomic mass is 9.81. The third-order valence-electron chi connectivity index (χ3n) is 4.35. The fourth-order valence-electron chi connectivity index (χ4n) is 3.53. The van der Waals surface area contributed by atoms with Gasteiger partial charge in [-0.2, -0.15) is 0 Å². The highest BCUT2D eigenvalue weighted by Gasteiger charge is 2.25. The Balaban J connectivity index is 2.10. The van der Waals surface area contributed by atoms with E-state index in [4.69, 9.17) is 0 Å². The highest BCUT2D eigenvalue weighted by atomic mass is 16.1. The van der Waals surface area contributed by atoms with Crippen LogP contribution in [0.5, 0.6) is 0 Å². The average Bonchev–Trinajstić information content (AvgIpc) is 2.83. The van der Waals surface area contributed by atoms with Crippen molar-refractivity contribution in [3.05, 3.63) is 34.4 Å². The SMILES string of the molecule is Cc1cc2c(c(C3CCCC3)c1)CCCC2=O. The Hall–Kier alpha value is -1.11. The molecule has 0 saturated heterocycles. The smallest absolute Gasteiger partial charge is 0.163 e. The number of carbonyl (C=O) groups excluding carboxylic acids is 1. The molecule has 1 heteroatoms. The van der Waals surface area contributed by atoms with E-state index in [1.54, 1.807) is 0 Å². The first kappa shape index (κ1) is 11.0. The van der Waals surface area contributed by atoms with Crippen LogP contribution in [0, 0.1) is 6.92 Å². The number of hydrogen-bond donors (Lipinski definition) is 0. The molecule has 90 valence electrons. The van der Waals surface area contributed by atoms with Crippen molar-refractivity contribution < 1.29 is 4.79 Å². The Morgan fingerprint density at radius 3 is 2.59 bits per heavy atom. The van der Waals surface area contributed by atoms with Gasteiger partial charge in [0.05, 0.1) is 0 Å². The Labute approximate surface area is 103 Å². The van der Waals surface area contributed by atoms with Crippen molar-refractivity contribution in [2.45, 2.75) is 57.8 Å². The summed E-state index contributed by atoms with van der Waals surface area (Å²) in [5.41, 5.74) is 5.20. The van der Waals surface area contributed by atoms with Crippen LogP contribution in [0.2, 0.25) is 0 Å². The second-order valence-electron chi connectivity index (χ2n) is 5.64. The second kappa shape index (κ2) is 4.29. The van der Waals surface area contributed by atoms with E-state index in [-0.39, 0.29) is 0 Å². The summed E-state index contributed by atoms with van der Waals surface area (Å²) >= 11 is 0. The monoisotopic (exact) mass is 228 g/mol. The van der Waals surface area contributed by atoms with Crippen LogP contribution in [-0.2, 0) is 6.42 Å². The molecule has 0 unspecified atom stereocenters. The number of fused-ring (bicyclic) bond motifs is 1. The summed E-state index contributed by atoms with van der Waals surface area (Å²) in [5.74, 6) is 1.10. The first-order valence-corrected chi connectivity index (χ1v) is 6.92. The average molecular weight is 228 g/mol. The number of hydrogen-bond acceptors (Lipinski definition) is 1. The molecule has 0 radical (unpaired) electrons. The molecule has 1 nitrogen and oxygen atoms in total. The van der Waals surface area contributed by atoms with Crippen molar-refractivity contribution in [3.63, 3.8) is 0 Å². The van der Waals surface area contributed by atoms with Crippen LogP contribution in [-0.4, -0.2) is 5.78 Å². The summed E-state index contributed by atoms with van der Waals surface area (Å²) in [6.45, 7) is 2.13. The number of aryl methyl sites for hydroxylation is 1. The molecule has 0 bridgehead atoms. The van der Waals surface area contributed by atoms with Crippen LogP contribution in [0.4, 0.5) is 0 Å². The molecule has 0 aromatic heterocycles. The van der Waals surface area contributed by atoms with Crippen molar-refractivity contribution in [2.24, 2.45) is 0 Å². The molecule has 0 aliphatic heterocycles. The molecule has 0 amide bonds. The van der Waals surface area contributed by atoms with Crippen LogP contribution in [0.15, 0.2) is 12.1 Å². The number of carbonyl (C=O) groups is 1. The maximum absolute atomic E-state index is 12.0. The summed E-state index contributed by atoms with van der Waals surface area (Å²) in [6.07, 6.45) is 8.29. The first-order chi connectivity index (χ1) is 8.25. The van der Waals surface area contributed by atoms with E-state index < -0.39 is 0 Å². The maximum Gasteiger partial charge on any atom is 0.163 e. The van der Waals surface area contributed by atoms with E-state index in [1.165, 1.54) is 42.4 Å². The lowest BCUT2D eigenvalue weighted by molar-refractivity contribution is 0.0972. The fourth-order valence-corrected chi connectivity index (χ4v) is 3.53. The van der Waals surface area contributed by atoms with E-state index in [0.29, 0.717) is 5.78 Å². The lowest BCUT2D eigenvalue weighted by Gasteiger charge is -2.22. The van der Waals surface area contributed by atoms with Gasteiger partial charge in [0.15, 0.2) is 5.78 Å². The van der Waals surface area contributed by atoms with Gasteiger partial charge in [0.2, 0.25) is 0 Å². The van der Waals surface area contributed by atoms with Gasteiger partial charge in [-0.1, -0.05) is 24.5 Å². The van der Waals surface area contributed by atoms with Gasteiger partial charge in [0.1, 0.15) is 0 Å². The minimum absolute atomic E-state index is 0.370. The summed E-state index contributed by atoms with van der Waals surface area (Å²) < 4.78 is 0. The van der Waals surface area contributed by atoms with Crippen LogP contribution < -0.4 is 0 Å². The molecule has 0 N–H and O–H groups in total.